The summed E-state index contributed by atoms with van der Waals surface area (Å²) in [5, 5.41) is 5.55. The number of hydrogen-bond donors (Lipinski definition) is 3. The third-order valence-corrected chi connectivity index (χ3v) is 1.13. The first-order valence-corrected chi connectivity index (χ1v) is 2.56. The molecule has 2 amide bonds. The molecule has 4 N–H and O–H groups in total. The molecule has 0 bridgehead atoms. The second kappa shape index (κ2) is 2.00. The van der Waals surface area contributed by atoms with Crippen molar-refractivity contribution in [1.29, 1.82) is 0 Å². The third-order valence-electron chi connectivity index (χ3n) is 1.13. The molecule has 0 radical (unpaired) electrons. The van der Waals surface area contributed by atoms with Gasteiger partial charge in [-0.2, -0.15) is 0 Å². The predicted molar refractivity (Wildman–Crippen MR) is 29.4 cm³/mol. The number of carbonyl (C=O) groups excluding carboxylic acids is 1. The van der Waals surface area contributed by atoms with Crippen molar-refractivity contribution in [3.63, 3.8) is 0 Å². The molecule has 8 heavy (non-hydrogen) atoms. The maximum Gasteiger partial charge on any atom is 0.312 e. The SMILES string of the molecule is NC(=O)NC1CNC1. The zero-order valence-corrected chi connectivity index (χ0v) is 4.48. The predicted octanol–water partition coefficient (Wildman–Crippen LogP) is -1.37. The van der Waals surface area contributed by atoms with Crippen LogP contribution < -0.4 is 16.4 Å². The van der Waals surface area contributed by atoms with Crippen molar-refractivity contribution in [3.05, 3.63) is 0 Å². The van der Waals surface area contributed by atoms with E-state index >= 15 is 0 Å². The van der Waals surface area contributed by atoms with E-state index in [-0.39, 0.29) is 6.04 Å². The van der Waals surface area contributed by atoms with Crippen LogP contribution in [0.3, 0.4) is 0 Å². The number of urea groups is 1. The highest BCUT2D eigenvalue weighted by molar-refractivity contribution is 5.72. The number of nitrogens with one attached hydrogen (secondary N) is 2. The lowest BCUT2D eigenvalue weighted by Crippen LogP contribution is -2.58. The second-order valence-electron chi connectivity index (χ2n) is 1.86. The van der Waals surface area contributed by atoms with Crippen molar-refractivity contribution in [2.45, 2.75) is 6.04 Å². The largest absolute Gasteiger partial charge is 0.352 e. The minimum absolute atomic E-state index is 0.271. The fraction of sp³-hybridized carbons (Fsp3) is 0.750. The van der Waals surface area contributed by atoms with Crippen molar-refractivity contribution in [2.75, 3.05) is 13.1 Å². The molecule has 4 heteroatoms. The molecule has 1 heterocycles. The molecule has 0 saturated carbocycles. The van der Waals surface area contributed by atoms with Crippen LogP contribution in [0.5, 0.6) is 0 Å². The van der Waals surface area contributed by atoms with Crippen LogP contribution in [0, 0.1) is 0 Å². The van der Waals surface area contributed by atoms with Crippen molar-refractivity contribution < 1.29 is 4.79 Å². The van der Waals surface area contributed by atoms with E-state index in [9.17, 15) is 4.79 Å². The number of carbonyl (C=O) groups is 1. The smallest absolute Gasteiger partial charge is 0.312 e. The summed E-state index contributed by atoms with van der Waals surface area (Å²) in [6.07, 6.45) is 0. The number of amides is 2. The highest BCUT2D eigenvalue weighted by atomic mass is 16.2. The van der Waals surface area contributed by atoms with Gasteiger partial charge in [-0.05, 0) is 0 Å². The van der Waals surface area contributed by atoms with E-state index in [4.69, 9.17) is 5.73 Å². The van der Waals surface area contributed by atoms with Crippen LogP contribution in [0.15, 0.2) is 0 Å². The molecule has 0 atom stereocenters. The van der Waals surface area contributed by atoms with E-state index in [0.29, 0.717) is 0 Å². The first kappa shape index (κ1) is 5.37. The summed E-state index contributed by atoms with van der Waals surface area (Å²) in [5.74, 6) is 0. The van der Waals surface area contributed by atoms with Gasteiger partial charge in [0.25, 0.3) is 0 Å². The average Bonchev–Trinajstić information content (AvgIpc) is 1.55. The monoisotopic (exact) mass is 115 g/mol. The lowest BCUT2D eigenvalue weighted by atomic mass is 10.2. The van der Waals surface area contributed by atoms with Crippen LogP contribution in [0.1, 0.15) is 0 Å². The second-order valence-corrected chi connectivity index (χ2v) is 1.86. The van der Waals surface area contributed by atoms with Gasteiger partial charge in [0.05, 0.1) is 6.04 Å². The summed E-state index contributed by atoms with van der Waals surface area (Å²) in [7, 11) is 0. The Kier molecular flexibility index (Phi) is 1.34. The number of hydrogen-bond acceptors (Lipinski definition) is 2. The van der Waals surface area contributed by atoms with Crippen LogP contribution in [0.25, 0.3) is 0 Å². The van der Waals surface area contributed by atoms with Crippen molar-refractivity contribution in [3.8, 4) is 0 Å². The Morgan fingerprint density at radius 1 is 1.75 bits per heavy atom. The summed E-state index contributed by atoms with van der Waals surface area (Å²) < 4.78 is 0. The molecule has 1 saturated heterocycles. The van der Waals surface area contributed by atoms with Crippen molar-refractivity contribution in [2.24, 2.45) is 5.73 Å². The molecule has 0 aromatic rings. The van der Waals surface area contributed by atoms with Crippen LogP contribution in [0.2, 0.25) is 0 Å². The topological polar surface area (TPSA) is 67.2 Å². The van der Waals surface area contributed by atoms with Gasteiger partial charge in [-0.25, -0.2) is 4.79 Å². The van der Waals surface area contributed by atoms with Gasteiger partial charge >= 0.3 is 6.03 Å². The quantitative estimate of drug-likeness (QED) is 0.394. The highest BCUT2D eigenvalue weighted by Crippen LogP contribution is 1.87. The maximum absolute atomic E-state index is 10.1. The first-order chi connectivity index (χ1) is 3.79. The van der Waals surface area contributed by atoms with Gasteiger partial charge in [0.15, 0.2) is 0 Å². The Hall–Kier alpha value is -0.770. The average molecular weight is 115 g/mol. The molecular weight excluding hydrogens is 106 g/mol. The van der Waals surface area contributed by atoms with Crippen molar-refractivity contribution in [1.82, 2.24) is 10.6 Å². The minimum Gasteiger partial charge on any atom is -0.352 e. The zero-order chi connectivity index (χ0) is 5.98. The summed E-state index contributed by atoms with van der Waals surface area (Å²) >= 11 is 0. The van der Waals surface area contributed by atoms with Gasteiger partial charge in [-0.1, -0.05) is 0 Å². The molecule has 1 aliphatic rings. The lowest BCUT2D eigenvalue weighted by Gasteiger charge is -2.26. The van der Waals surface area contributed by atoms with E-state index in [1.807, 2.05) is 0 Å². The van der Waals surface area contributed by atoms with Gasteiger partial charge in [-0.3, -0.25) is 0 Å². The molecule has 0 unspecified atom stereocenters. The number of primary amides is 1. The summed E-state index contributed by atoms with van der Waals surface area (Å²) in [5.41, 5.74) is 4.82. The molecule has 0 aromatic heterocycles. The fourth-order valence-electron chi connectivity index (χ4n) is 0.592. The minimum atomic E-state index is -0.434. The molecule has 4 nitrogen and oxygen atoms in total. The first-order valence-electron chi connectivity index (χ1n) is 2.56. The molecule has 46 valence electrons. The Labute approximate surface area is 47.4 Å². The number of nitrogens with two attached hydrogens (primary N) is 1. The van der Waals surface area contributed by atoms with Crippen molar-refractivity contribution >= 4 is 6.03 Å². The molecule has 0 aliphatic carbocycles. The Morgan fingerprint density at radius 2 is 2.38 bits per heavy atom. The third kappa shape index (κ3) is 1.10. The van der Waals surface area contributed by atoms with Gasteiger partial charge in [0.2, 0.25) is 0 Å². The van der Waals surface area contributed by atoms with Crippen LogP contribution in [-0.4, -0.2) is 25.2 Å². The van der Waals surface area contributed by atoms with E-state index in [2.05, 4.69) is 10.6 Å². The maximum atomic E-state index is 10.1. The van der Waals surface area contributed by atoms with Crippen LogP contribution in [-0.2, 0) is 0 Å². The van der Waals surface area contributed by atoms with Gasteiger partial charge < -0.3 is 16.4 Å². The summed E-state index contributed by atoms with van der Waals surface area (Å²) in [6.45, 7) is 1.70. The molecule has 1 fully saturated rings. The van der Waals surface area contributed by atoms with Crippen LogP contribution >= 0.6 is 0 Å². The molecular formula is C4H9N3O. The molecule has 1 rings (SSSR count). The Bertz CT molecular complexity index is 99.5. The molecule has 1 aliphatic heterocycles. The molecule has 0 aromatic carbocycles. The van der Waals surface area contributed by atoms with Gasteiger partial charge in [-0.15, -0.1) is 0 Å². The summed E-state index contributed by atoms with van der Waals surface area (Å²) in [4.78, 5) is 10.1. The Morgan fingerprint density at radius 3 is 2.50 bits per heavy atom. The lowest BCUT2D eigenvalue weighted by molar-refractivity contribution is 0.239. The zero-order valence-electron chi connectivity index (χ0n) is 4.48. The fourth-order valence-corrected chi connectivity index (χ4v) is 0.592. The van der Waals surface area contributed by atoms with Crippen LogP contribution in [0.4, 0.5) is 4.79 Å². The molecule has 0 spiro atoms. The Balaban J connectivity index is 2.09. The van der Waals surface area contributed by atoms with E-state index in [1.165, 1.54) is 0 Å². The normalized spacial score (nSPS) is 19.5. The van der Waals surface area contributed by atoms with E-state index in [1.54, 1.807) is 0 Å². The van der Waals surface area contributed by atoms with Gasteiger partial charge in [0.1, 0.15) is 0 Å². The number of rotatable bonds is 1. The van der Waals surface area contributed by atoms with E-state index < -0.39 is 6.03 Å². The van der Waals surface area contributed by atoms with E-state index in [0.717, 1.165) is 13.1 Å². The standard InChI is InChI=1S/C4H9N3O/c5-4(8)7-3-1-6-2-3/h3,6H,1-2H2,(H3,5,7,8). The highest BCUT2D eigenvalue weighted by Gasteiger charge is 2.16. The van der Waals surface area contributed by atoms with Gasteiger partial charge in [0, 0.05) is 13.1 Å². The summed E-state index contributed by atoms with van der Waals surface area (Å²) in [6, 6.07) is -0.163.